The lowest BCUT2D eigenvalue weighted by Gasteiger charge is -2.30. The summed E-state index contributed by atoms with van der Waals surface area (Å²) in [5.41, 5.74) is 3.96. The van der Waals surface area contributed by atoms with Crippen molar-refractivity contribution in [3.63, 3.8) is 0 Å². The highest BCUT2D eigenvalue weighted by atomic mass is 32.2. The lowest BCUT2D eigenvalue weighted by molar-refractivity contribution is -0.0163. The maximum absolute atomic E-state index is 13.2. The van der Waals surface area contributed by atoms with Gasteiger partial charge >= 0.3 is 0 Å². The highest BCUT2D eigenvalue weighted by Gasteiger charge is 2.38. The number of hydrogen-bond donors (Lipinski definition) is 2. The van der Waals surface area contributed by atoms with Crippen LogP contribution in [0.1, 0.15) is 24.9 Å². The minimum absolute atomic E-state index is 0.0522. The van der Waals surface area contributed by atoms with Gasteiger partial charge in [-0.15, -0.1) is 0 Å². The van der Waals surface area contributed by atoms with Crippen LogP contribution in [0, 0.1) is 0 Å². The van der Waals surface area contributed by atoms with Crippen LogP contribution in [0.15, 0.2) is 81.3 Å². The Bertz CT molecular complexity index is 1230. The number of nitrogens with one attached hydrogen (secondary N) is 1. The van der Waals surface area contributed by atoms with Crippen LogP contribution in [-0.2, 0) is 10.0 Å². The number of nitrogens with zero attached hydrogens (tertiary/aromatic N) is 2. The standard InChI is InChI=1S/C24H27N3O4S/c1-2-22(17-6-4-3-5-7-17)25-24(28)26-13-19-15-27(16-20(19)14-26)32(29,30)21-8-9-23-18(12-21)10-11-31-23/h3-12,22,24-25,28H,2,13-16H2,1H3/t22-,24?/m0/s1. The molecule has 0 spiro atoms. The van der Waals surface area contributed by atoms with Crippen LogP contribution in [0.2, 0.25) is 0 Å². The van der Waals surface area contributed by atoms with Crippen molar-refractivity contribution >= 4 is 21.0 Å². The maximum Gasteiger partial charge on any atom is 0.243 e. The van der Waals surface area contributed by atoms with Gasteiger partial charge in [-0.1, -0.05) is 37.3 Å². The summed E-state index contributed by atoms with van der Waals surface area (Å²) in [6.45, 7) is 3.92. The van der Waals surface area contributed by atoms with E-state index in [0.29, 0.717) is 31.8 Å². The van der Waals surface area contributed by atoms with Gasteiger partial charge in [0, 0.05) is 37.6 Å². The number of fused-ring (bicyclic) bond motifs is 1. The van der Waals surface area contributed by atoms with E-state index < -0.39 is 16.4 Å². The zero-order valence-corrected chi connectivity index (χ0v) is 18.8. The summed E-state index contributed by atoms with van der Waals surface area (Å²) < 4.78 is 33.2. The van der Waals surface area contributed by atoms with Gasteiger partial charge in [0.05, 0.1) is 11.2 Å². The van der Waals surface area contributed by atoms with E-state index in [1.165, 1.54) is 4.31 Å². The maximum atomic E-state index is 13.2. The third-order valence-electron chi connectivity index (χ3n) is 6.39. The fourth-order valence-corrected chi connectivity index (χ4v) is 6.06. The highest BCUT2D eigenvalue weighted by molar-refractivity contribution is 7.89. The van der Waals surface area contributed by atoms with Gasteiger partial charge in [0.1, 0.15) is 5.58 Å². The predicted octanol–water partition coefficient (Wildman–Crippen LogP) is 3.07. The van der Waals surface area contributed by atoms with Crippen molar-refractivity contribution in [2.75, 3.05) is 26.2 Å². The molecule has 3 heterocycles. The lowest BCUT2D eigenvalue weighted by atomic mass is 10.1. The molecule has 32 heavy (non-hydrogen) atoms. The topological polar surface area (TPSA) is 86.0 Å². The second-order valence-electron chi connectivity index (χ2n) is 8.42. The Morgan fingerprint density at radius 2 is 1.75 bits per heavy atom. The van der Waals surface area contributed by atoms with E-state index in [0.717, 1.165) is 28.5 Å². The molecule has 7 nitrogen and oxygen atoms in total. The van der Waals surface area contributed by atoms with Crippen molar-refractivity contribution in [1.29, 1.82) is 0 Å². The first-order valence-corrected chi connectivity index (χ1v) is 12.3. The van der Waals surface area contributed by atoms with Crippen molar-refractivity contribution in [2.24, 2.45) is 0 Å². The summed E-state index contributed by atoms with van der Waals surface area (Å²) in [5.74, 6) is 0. The zero-order chi connectivity index (χ0) is 22.3. The summed E-state index contributed by atoms with van der Waals surface area (Å²) in [6, 6.07) is 16.9. The average Bonchev–Trinajstić information content (AvgIpc) is 3.52. The molecule has 0 saturated carbocycles. The van der Waals surface area contributed by atoms with E-state index in [4.69, 9.17) is 4.42 Å². The van der Waals surface area contributed by atoms with Crippen molar-refractivity contribution in [1.82, 2.24) is 14.5 Å². The Morgan fingerprint density at radius 1 is 1.03 bits per heavy atom. The van der Waals surface area contributed by atoms with Gasteiger partial charge in [0.15, 0.2) is 6.35 Å². The molecule has 0 bridgehead atoms. The molecule has 2 aromatic carbocycles. The molecule has 168 valence electrons. The molecule has 0 aliphatic carbocycles. The quantitative estimate of drug-likeness (QED) is 0.422. The van der Waals surface area contributed by atoms with Crippen LogP contribution in [0.25, 0.3) is 11.0 Å². The van der Waals surface area contributed by atoms with Crippen molar-refractivity contribution < 1.29 is 17.9 Å². The highest BCUT2D eigenvalue weighted by Crippen LogP contribution is 2.31. The number of sulfonamides is 1. The first kappa shape index (κ1) is 21.4. The van der Waals surface area contributed by atoms with Gasteiger partial charge in [0.2, 0.25) is 10.0 Å². The van der Waals surface area contributed by atoms with E-state index in [-0.39, 0.29) is 10.9 Å². The lowest BCUT2D eigenvalue weighted by Crippen LogP contribution is -2.47. The number of aliphatic hydroxyl groups is 1. The predicted molar refractivity (Wildman–Crippen MR) is 122 cm³/mol. The van der Waals surface area contributed by atoms with Gasteiger partial charge < -0.3 is 9.52 Å². The van der Waals surface area contributed by atoms with Gasteiger partial charge in [-0.25, -0.2) is 8.42 Å². The molecule has 2 N–H and O–H groups in total. The smallest absolute Gasteiger partial charge is 0.243 e. The molecule has 3 aromatic rings. The third-order valence-corrected chi connectivity index (χ3v) is 8.18. The van der Waals surface area contributed by atoms with Gasteiger partial charge in [-0.2, -0.15) is 4.31 Å². The molecule has 2 atom stereocenters. The number of furan rings is 1. The normalized spacial score (nSPS) is 19.6. The Kier molecular flexibility index (Phi) is 5.65. The molecule has 2 aliphatic heterocycles. The fraction of sp³-hybridized carbons (Fsp3) is 0.333. The summed E-state index contributed by atoms with van der Waals surface area (Å²) >= 11 is 0. The SMILES string of the molecule is CC[C@H](NC(O)N1CC2=C(C1)CN(S(=O)(=O)c1ccc3occc3c1)C2)c1ccccc1. The van der Waals surface area contributed by atoms with E-state index in [1.54, 1.807) is 30.5 Å². The van der Waals surface area contributed by atoms with E-state index >= 15 is 0 Å². The Balaban J connectivity index is 1.23. The molecular formula is C24H27N3O4S. The Morgan fingerprint density at radius 3 is 2.44 bits per heavy atom. The number of rotatable bonds is 7. The summed E-state index contributed by atoms with van der Waals surface area (Å²) in [7, 11) is -3.59. The van der Waals surface area contributed by atoms with Crippen molar-refractivity contribution in [3.05, 3.63) is 77.6 Å². The molecule has 1 aromatic heterocycles. The number of aliphatic hydroxyl groups excluding tert-OH is 1. The van der Waals surface area contributed by atoms with Crippen LogP contribution in [0.4, 0.5) is 0 Å². The molecule has 5 rings (SSSR count). The van der Waals surface area contributed by atoms with E-state index in [2.05, 4.69) is 24.4 Å². The van der Waals surface area contributed by atoms with E-state index in [1.807, 2.05) is 23.1 Å². The molecule has 2 aliphatic rings. The minimum atomic E-state index is -3.59. The summed E-state index contributed by atoms with van der Waals surface area (Å²) in [5, 5.41) is 14.9. The van der Waals surface area contributed by atoms with Crippen molar-refractivity contribution in [2.45, 2.75) is 30.6 Å². The van der Waals surface area contributed by atoms with Crippen LogP contribution in [0.3, 0.4) is 0 Å². The fourth-order valence-electron chi connectivity index (χ4n) is 4.59. The monoisotopic (exact) mass is 453 g/mol. The summed E-state index contributed by atoms with van der Waals surface area (Å²) in [6.07, 6.45) is 1.62. The first-order valence-electron chi connectivity index (χ1n) is 10.9. The Labute approximate surface area is 188 Å². The molecular weight excluding hydrogens is 426 g/mol. The second-order valence-corrected chi connectivity index (χ2v) is 10.4. The first-order chi connectivity index (χ1) is 15.5. The van der Waals surface area contributed by atoms with Gasteiger partial charge in [-0.3, -0.25) is 10.2 Å². The Hall–Kier alpha value is -2.49. The van der Waals surface area contributed by atoms with E-state index in [9.17, 15) is 13.5 Å². The number of benzene rings is 2. The number of hydrogen-bond acceptors (Lipinski definition) is 6. The molecule has 0 radical (unpaired) electrons. The van der Waals surface area contributed by atoms with Crippen LogP contribution in [0.5, 0.6) is 0 Å². The summed E-state index contributed by atoms with van der Waals surface area (Å²) in [4.78, 5) is 2.23. The second kappa shape index (κ2) is 8.46. The molecule has 0 amide bonds. The van der Waals surface area contributed by atoms with Crippen LogP contribution >= 0.6 is 0 Å². The largest absolute Gasteiger partial charge is 0.464 e. The van der Waals surface area contributed by atoms with Crippen LogP contribution in [-0.4, -0.2) is 55.3 Å². The average molecular weight is 454 g/mol. The van der Waals surface area contributed by atoms with Crippen molar-refractivity contribution in [3.8, 4) is 0 Å². The third kappa shape index (κ3) is 3.89. The zero-order valence-electron chi connectivity index (χ0n) is 17.9. The van der Waals surface area contributed by atoms with Gasteiger partial charge in [0.25, 0.3) is 0 Å². The molecule has 0 saturated heterocycles. The molecule has 8 heteroatoms. The minimum Gasteiger partial charge on any atom is -0.464 e. The van der Waals surface area contributed by atoms with Crippen LogP contribution < -0.4 is 5.32 Å². The molecule has 0 fully saturated rings. The van der Waals surface area contributed by atoms with Gasteiger partial charge in [-0.05, 0) is 47.4 Å². The molecule has 1 unspecified atom stereocenters.